The molecule has 0 bridgehead atoms. The maximum Gasteiger partial charge on any atom is 0.226 e. The van der Waals surface area contributed by atoms with Crippen LogP contribution in [0.3, 0.4) is 0 Å². The molecule has 0 aromatic carbocycles. The van der Waals surface area contributed by atoms with Crippen LogP contribution in [0.5, 0.6) is 5.88 Å². The maximum absolute atomic E-state index is 9.60. The first-order chi connectivity index (χ1) is 6.20. The molecule has 13 heavy (non-hydrogen) atoms. The summed E-state index contributed by atoms with van der Waals surface area (Å²) in [5.41, 5.74) is 1.09. The van der Waals surface area contributed by atoms with E-state index in [1.54, 1.807) is 0 Å². The molecule has 1 fully saturated rings. The van der Waals surface area contributed by atoms with E-state index in [9.17, 15) is 5.11 Å². The van der Waals surface area contributed by atoms with Gasteiger partial charge in [-0.2, -0.15) is 0 Å². The topological polar surface area (TPSA) is 46.0 Å². The van der Waals surface area contributed by atoms with Crippen LogP contribution in [0.15, 0.2) is 11.2 Å². The molecule has 0 spiro atoms. The molecule has 2 rings (SSSR count). The van der Waals surface area contributed by atoms with Crippen molar-refractivity contribution >= 4 is 10.9 Å². The molecule has 1 aromatic heterocycles. The van der Waals surface area contributed by atoms with Gasteiger partial charge in [-0.15, -0.1) is 0 Å². The first kappa shape index (κ1) is 8.81. The smallest absolute Gasteiger partial charge is 0.226 e. The summed E-state index contributed by atoms with van der Waals surface area (Å²) in [5, 5.41) is 9.60. The molecule has 1 saturated carbocycles. The molecule has 0 unspecified atom stereocenters. The van der Waals surface area contributed by atoms with Gasteiger partial charge in [-0.1, -0.05) is 0 Å². The van der Waals surface area contributed by atoms with E-state index in [2.05, 4.69) is 22.5 Å². The van der Waals surface area contributed by atoms with Gasteiger partial charge in [0.2, 0.25) is 5.88 Å². The molecule has 0 aliphatic heterocycles. The summed E-state index contributed by atoms with van der Waals surface area (Å²) >= 11 is 0. The summed E-state index contributed by atoms with van der Waals surface area (Å²) in [6.45, 7) is 0. The van der Waals surface area contributed by atoms with Gasteiger partial charge >= 0.3 is 0 Å². The molecule has 1 heterocycles. The van der Waals surface area contributed by atoms with Crippen molar-refractivity contribution in [1.29, 1.82) is 0 Å². The molecular weight excluding hydrogens is 184 g/mol. The summed E-state index contributed by atoms with van der Waals surface area (Å²) < 4.78 is 0. The van der Waals surface area contributed by atoms with E-state index in [4.69, 9.17) is 0 Å². The minimum Gasteiger partial charge on any atom is -0.492 e. The third kappa shape index (κ3) is 1.63. The SMILES string of the molecule is C[SH](C)c1c(O)ncnc1C1CC1. The number of aromatic hydroxyl groups is 1. The molecule has 3 nitrogen and oxygen atoms in total. The summed E-state index contributed by atoms with van der Waals surface area (Å²) in [5.74, 6) is 0.779. The lowest BCUT2D eigenvalue weighted by atomic mass is 10.3. The predicted octanol–water partition coefficient (Wildman–Crippen LogP) is 1.68. The van der Waals surface area contributed by atoms with Crippen LogP contribution < -0.4 is 0 Å². The molecule has 1 aliphatic rings. The van der Waals surface area contributed by atoms with Gasteiger partial charge in [0.25, 0.3) is 0 Å². The largest absolute Gasteiger partial charge is 0.492 e. The average molecular weight is 198 g/mol. The Kier molecular flexibility index (Phi) is 2.15. The van der Waals surface area contributed by atoms with Gasteiger partial charge in [0, 0.05) is 5.92 Å². The Balaban J connectivity index is 2.47. The van der Waals surface area contributed by atoms with E-state index in [-0.39, 0.29) is 16.8 Å². The van der Waals surface area contributed by atoms with Crippen molar-refractivity contribution in [3.8, 4) is 5.88 Å². The van der Waals surface area contributed by atoms with E-state index in [1.165, 1.54) is 19.2 Å². The van der Waals surface area contributed by atoms with Crippen LogP contribution in [0.1, 0.15) is 24.5 Å². The first-order valence-corrected chi connectivity index (χ1v) is 6.65. The van der Waals surface area contributed by atoms with E-state index < -0.39 is 0 Å². The van der Waals surface area contributed by atoms with Crippen LogP contribution in [-0.2, 0) is 0 Å². The van der Waals surface area contributed by atoms with E-state index in [0.29, 0.717) is 5.92 Å². The van der Waals surface area contributed by atoms with Gasteiger partial charge < -0.3 is 5.11 Å². The Hall–Kier alpha value is -0.770. The Morgan fingerprint density at radius 3 is 2.62 bits per heavy atom. The highest BCUT2D eigenvalue weighted by Crippen LogP contribution is 2.47. The molecule has 1 N–H and O–H groups in total. The summed E-state index contributed by atoms with van der Waals surface area (Å²) in [6.07, 6.45) is 8.14. The number of nitrogens with zero attached hydrogens (tertiary/aromatic N) is 2. The van der Waals surface area contributed by atoms with Crippen molar-refractivity contribution < 1.29 is 5.11 Å². The zero-order chi connectivity index (χ0) is 9.42. The molecule has 0 atom stereocenters. The molecular formula is C9H14N2OS. The third-order valence-corrected chi connectivity index (χ3v) is 3.57. The second kappa shape index (κ2) is 3.18. The van der Waals surface area contributed by atoms with Crippen LogP contribution in [-0.4, -0.2) is 27.6 Å². The quantitative estimate of drug-likeness (QED) is 0.711. The third-order valence-electron chi connectivity index (χ3n) is 2.24. The second-order valence-electron chi connectivity index (χ2n) is 3.60. The predicted molar refractivity (Wildman–Crippen MR) is 54.8 cm³/mol. The van der Waals surface area contributed by atoms with Crippen molar-refractivity contribution in [2.24, 2.45) is 0 Å². The average Bonchev–Trinajstić information content (AvgIpc) is 2.85. The van der Waals surface area contributed by atoms with Crippen molar-refractivity contribution in [3.05, 3.63) is 12.0 Å². The highest BCUT2D eigenvalue weighted by Gasteiger charge is 2.29. The Morgan fingerprint density at radius 2 is 2.08 bits per heavy atom. The van der Waals surface area contributed by atoms with Crippen LogP contribution in [0.2, 0.25) is 0 Å². The summed E-state index contributed by atoms with van der Waals surface area (Å²) in [7, 11) is -0.305. The number of hydrogen-bond acceptors (Lipinski definition) is 3. The Labute approximate surface area is 80.6 Å². The standard InChI is InChI=1S/C9H14N2OS/c1-13(2)8-7(6-3-4-6)10-5-11-9(8)12/h5-6,13H,3-4H2,1-2H3,(H,10,11,12). The molecule has 1 aromatic rings. The first-order valence-electron chi connectivity index (χ1n) is 4.41. The van der Waals surface area contributed by atoms with Crippen molar-refractivity contribution in [3.63, 3.8) is 0 Å². The van der Waals surface area contributed by atoms with E-state index in [0.717, 1.165) is 10.6 Å². The Morgan fingerprint density at radius 1 is 1.38 bits per heavy atom. The molecule has 0 radical (unpaired) electrons. The lowest BCUT2D eigenvalue weighted by molar-refractivity contribution is 0.435. The molecule has 0 amide bonds. The normalized spacial score (nSPS) is 17.2. The number of thiol groups is 1. The highest BCUT2D eigenvalue weighted by molar-refractivity contribution is 8.16. The van der Waals surface area contributed by atoms with Gasteiger partial charge in [-0.05, 0) is 25.4 Å². The van der Waals surface area contributed by atoms with Gasteiger partial charge in [0.15, 0.2) is 0 Å². The maximum atomic E-state index is 9.60. The number of hydrogen-bond donors (Lipinski definition) is 2. The summed E-state index contributed by atoms with van der Waals surface area (Å²) in [6, 6.07) is 0. The van der Waals surface area contributed by atoms with Crippen LogP contribution >= 0.6 is 10.9 Å². The monoisotopic (exact) mass is 198 g/mol. The van der Waals surface area contributed by atoms with Crippen LogP contribution in [0, 0.1) is 0 Å². The molecule has 0 saturated heterocycles. The molecule has 1 aliphatic carbocycles. The van der Waals surface area contributed by atoms with Gasteiger partial charge in [0.05, 0.1) is 10.6 Å². The number of aromatic nitrogens is 2. The van der Waals surface area contributed by atoms with Crippen molar-refractivity contribution in [2.75, 3.05) is 12.5 Å². The number of rotatable bonds is 2. The van der Waals surface area contributed by atoms with Crippen LogP contribution in [0.25, 0.3) is 0 Å². The van der Waals surface area contributed by atoms with Crippen molar-refractivity contribution in [1.82, 2.24) is 9.97 Å². The lowest BCUT2D eigenvalue weighted by Gasteiger charge is -2.14. The second-order valence-corrected chi connectivity index (χ2v) is 5.84. The van der Waals surface area contributed by atoms with Gasteiger partial charge in [0.1, 0.15) is 6.33 Å². The van der Waals surface area contributed by atoms with Gasteiger partial charge in [-0.3, -0.25) is 0 Å². The summed E-state index contributed by atoms with van der Waals surface area (Å²) in [4.78, 5) is 9.10. The zero-order valence-electron chi connectivity index (χ0n) is 7.86. The van der Waals surface area contributed by atoms with E-state index in [1.807, 2.05) is 0 Å². The van der Waals surface area contributed by atoms with E-state index >= 15 is 0 Å². The fraction of sp³-hybridized carbons (Fsp3) is 0.556. The van der Waals surface area contributed by atoms with Crippen LogP contribution in [0.4, 0.5) is 0 Å². The Bertz CT molecular complexity index is 323. The van der Waals surface area contributed by atoms with Crippen molar-refractivity contribution in [2.45, 2.75) is 23.7 Å². The zero-order valence-corrected chi connectivity index (χ0v) is 8.75. The fourth-order valence-corrected chi connectivity index (χ4v) is 2.62. The fourth-order valence-electron chi connectivity index (χ4n) is 1.47. The minimum absolute atomic E-state index is 0.188. The minimum atomic E-state index is -0.305. The highest BCUT2D eigenvalue weighted by atomic mass is 32.2. The van der Waals surface area contributed by atoms with Gasteiger partial charge in [-0.25, -0.2) is 20.9 Å². The molecule has 72 valence electrons. The lowest BCUT2D eigenvalue weighted by Crippen LogP contribution is -1.95. The molecule has 4 heteroatoms.